The van der Waals surface area contributed by atoms with Crippen molar-refractivity contribution in [1.82, 2.24) is 15.5 Å². The fourth-order valence-electron chi connectivity index (χ4n) is 3.66. The molecule has 0 bridgehead atoms. The molecule has 0 radical (unpaired) electrons. The summed E-state index contributed by atoms with van der Waals surface area (Å²) in [4.78, 5) is 14.7. The van der Waals surface area contributed by atoms with E-state index in [1.165, 1.54) is 17.7 Å². The van der Waals surface area contributed by atoms with Crippen molar-refractivity contribution in [2.45, 2.75) is 32.2 Å². The van der Waals surface area contributed by atoms with E-state index in [1.807, 2.05) is 30.3 Å². The molecule has 0 unspecified atom stereocenters. The Bertz CT molecular complexity index is 957. The molecule has 6 heteroatoms. The number of aryl methyl sites for hydroxylation is 1. The fourth-order valence-corrected chi connectivity index (χ4v) is 3.66. The van der Waals surface area contributed by atoms with E-state index < -0.39 is 0 Å². The number of carbonyl (C=O) groups is 1. The molecule has 2 aromatic carbocycles. The average Bonchev–Trinajstić information content (AvgIpc) is 3.25. The van der Waals surface area contributed by atoms with Crippen molar-refractivity contribution in [3.63, 3.8) is 0 Å². The summed E-state index contributed by atoms with van der Waals surface area (Å²) in [6, 6.07) is 16.3. The van der Waals surface area contributed by atoms with Crippen molar-refractivity contribution in [2.24, 2.45) is 0 Å². The zero-order chi connectivity index (χ0) is 20.2. The summed E-state index contributed by atoms with van der Waals surface area (Å²) < 4.78 is 13.1. The van der Waals surface area contributed by atoms with E-state index in [2.05, 4.69) is 27.3 Å². The number of aromatic amines is 1. The van der Waals surface area contributed by atoms with Gasteiger partial charge >= 0.3 is 0 Å². The lowest BCUT2D eigenvalue weighted by atomic mass is 10.0. The molecule has 5 nitrogen and oxygen atoms in total. The molecule has 0 spiro atoms. The van der Waals surface area contributed by atoms with Gasteiger partial charge in [-0.2, -0.15) is 5.10 Å². The van der Waals surface area contributed by atoms with Gasteiger partial charge in [0.2, 0.25) is 0 Å². The van der Waals surface area contributed by atoms with Gasteiger partial charge in [-0.1, -0.05) is 19.1 Å². The van der Waals surface area contributed by atoms with Gasteiger partial charge in [0.15, 0.2) is 5.82 Å². The number of benzene rings is 2. The smallest absolute Gasteiger partial charge is 0.251 e. The van der Waals surface area contributed by atoms with Crippen LogP contribution in [0.1, 0.15) is 35.7 Å². The number of nitrogens with zero attached hydrogens (tertiary/aromatic N) is 2. The fraction of sp³-hybridized carbons (Fsp3) is 0.304. The quantitative estimate of drug-likeness (QED) is 0.685. The minimum atomic E-state index is -0.251. The van der Waals surface area contributed by atoms with E-state index in [0.717, 1.165) is 49.4 Å². The standard InChI is InChI=1S/C23H25FN4O/c1-2-16-3-5-18(6-4-16)23(29)25-20-11-13-28(14-12-20)22-15-21(26-27-22)17-7-9-19(24)10-8-17/h3-10,15,20H,2,11-14H2,1H3,(H,25,29)(H,26,27). The van der Waals surface area contributed by atoms with Gasteiger partial charge in [-0.05, 0) is 66.8 Å². The number of hydrogen-bond donors (Lipinski definition) is 2. The van der Waals surface area contributed by atoms with Crippen LogP contribution in [0.2, 0.25) is 0 Å². The zero-order valence-electron chi connectivity index (χ0n) is 16.5. The molecule has 4 rings (SSSR count). The highest BCUT2D eigenvalue weighted by Crippen LogP contribution is 2.24. The first-order valence-electron chi connectivity index (χ1n) is 10.1. The lowest BCUT2D eigenvalue weighted by molar-refractivity contribution is 0.0931. The van der Waals surface area contributed by atoms with Crippen molar-refractivity contribution >= 4 is 11.7 Å². The molecule has 29 heavy (non-hydrogen) atoms. The Labute approximate surface area is 169 Å². The Hall–Kier alpha value is -3.15. The van der Waals surface area contributed by atoms with Crippen LogP contribution in [0.3, 0.4) is 0 Å². The van der Waals surface area contributed by atoms with Gasteiger partial charge in [0.25, 0.3) is 5.91 Å². The molecular formula is C23H25FN4O. The van der Waals surface area contributed by atoms with Crippen LogP contribution < -0.4 is 10.2 Å². The molecule has 1 aromatic heterocycles. The molecule has 150 valence electrons. The van der Waals surface area contributed by atoms with Gasteiger partial charge in [0, 0.05) is 30.8 Å². The first kappa shape index (κ1) is 19.2. The van der Waals surface area contributed by atoms with Crippen LogP contribution in [0.4, 0.5) is 10.2 Å². The van der Waals surface area contributed by atoms with Gasteiger partial charge in [-0.25, -0.2) is 4.39 Å². The van der Waals surface area contributed by atoms with Crippen LogP contribution in [-0.2, 0) is 6.42 Å². The van der Waals surface area contributed by atoms with Crippen LogP contribution in [0.15, 0.2) is 54.6 Å². The number of carbonyl (C=O) groups excluding carboxylic acids is 1. The maximum Gasteiger partial charge on any atom is 0.251 e. The van der Waals surface area contributed by atoms with E-state index in [1.54, 1.807) is 12.1 Å². The largest absolute Gasteiger partial charge is 0.355 e. The molecule has 1 saturated heterocycles. The number of rotatable bonds is 5. The van der Waals surface area contributed by atoms with Crippen LogP contribution in [0, 0.1) is 5.82 Å². The summed E-state index contributed by atoms with van der Waals surface area (Å²) in [5, 5.41) is 10.6. The Balaban J connectivity index is 1.32. The summed E-state index contributed by atoms with van der Waals surface area (Å²) in [6.07, 6.45) is 2.71. The third-order valence-corrected chi connectivity index (χ3v) is 5.50. The normalized spacial score (nSPS) is 14.8. The molecular weight excluding hydrogens is 367 g/mol. The minimum Gasteiger partial charge on any atom is -0.355 e. The third-order valence-electron chi connectivity index (χ3n) is 5.50. The number of halogens is 1. The molecule has 0 aliphatic carbocycles. The van der Waals surface area contributed by atoms with Gasteiger partial charge < -0.3 is 10.2 Å². The summed E-state index contributed by atoms with van der Waals surface area (Å²) in [7, 11) is 0. The Morgan fingerprint density at radius 1 is 1.14 bits per heavy atom. The van der Waals surface area contributed by atoms with E-state index >= 15 is 0 Å². The van der Waals surface area contributed by atoms with E-state index in [0.29, 0.717) is 5.56 Å². The number of amides is 1. The predicted octanol–water partition coefficient (Wildman–Crippen LogP) is 4.18. The van der Waals surface area contributed by atoms with Crippen molar-refractivity contribution in [3.8, 4) is 11.3 Å². The minimum absolute atomic E-state index is 0.00975. The second-order valence-corrected chi connectivity index (χ2v) is 7.43. The van der Waals surface area contributed by atoms with Crippen LogP contribution in [0.5, 0.6) is 0 Å². The Morgan fingerprint density at radius 3 is 2.48 bits per heavy atom. The van der Waals surface area contributed by atoms with E-state index in [9.17, 15) is 9.18 Å². The van der Waals surface area contributed by atoms with Crippen molar-refractivity contribution in [1.29, 1.82) is 0 Å². The summed E-state index contributed by atoms with van der Waals surface area (Å²) in [5.74, 6) is 0.618. The van der Waals surface area contributed by atoms with Gasteiger partial charge in [-0.15, -0.1) is 0 Å². The van der Waals surface area contributed by atoms with Crippen molar-refractivity contribution in [2.75, 3.05) is 18.0 Å². The Kier molecular flexibility index (Phi) is 5.60. The van der Waals surface area contributed by atoms with E-state index in [4.69, 9.17) is 0 Å². The molecule has 1 amide bonds. The first-order valence-corrected chi connectivity index (χ1v) is 10.1. The molecule has 0 atom stereocenters. The van der Waals surface area contributed by atoms with E-state index in [-0.39, 0.29) is 17.8 Å². The molecule has 1 aliphatic heterocycles. The number of nitrogens with one attached hydrogen (secondary N) is 2. The van der Waals surface area contributed by atoms with Crippen molar-refractivity contribution < 1.29 is 9.18 Å². The van der Waals surface area contributed by atoms with Gasteiger partial charge in [0.05, 0.1) is 5.69 Å². The van der Waals surface area contributed by atoms with Crippen molar-refractivity contribution in [3.05, 3.63) is 71.5 Å². The molecule has 3 aromatic rings. The zero-order valence-corrected chi connectivity index (χ0v) is 16.5. The monoisotopic (exact) mass is 392 g/mol. The topological polar surface area (TPSA) is 61.0 Å². The molecule has 1 aliphatic rings. The third kappa shape index (κ3) is 4.47. The number of piperidine rings is 1. The van der Waals surface area contributed by atoms with Gasteiger partial charge in [-0.3, -0.25) is 9.89 Å². The second kappa shape index (κ2) is 8.47. The summed E-state index contributed by atoms with van der Waals surface area (Å²) in [5.41, 5.74) is 3.71. The SMILES string of the molecule is CCc1ccc(C(=O)NC2CCN(c3cc(-c4ccc(F)cc4)[nH]n3)CC2)cc1. The van der Waals surface area contributed by atoms with Gasteiger partial charge in [0.1, 0.15) is 5.82 Å². The first-order chi connectivity index (χ1) is 14.1. The molecule has 2 N–H and O–H groups in total. The maximum absolute atomic E-state index is 13.1. The molecule has 0 saturated carbocycles. The highest BCUT2D eigenvalue weighted by atomic mass is 19.1. The highest BCUT2D eigenvalue weighted by molar-refractivity contribution is 5.94. The number of H-pyrrole nitrogens is 1. The van der Waals surface area contributed by atoms with Crippen LogP contribution in [-0.4, -0.2) is 35.2 Å². The summed E-state index contributed by atoms with van der Waals surface area (Å²) >= 11 is 0. The molecule has 2 heterocycles. The average molecular weight is 392 g/mol. The number of hydrogen-bond acceptors (Lipinski definition) is 3. The van der Waals surface area contributed by atoms with Crippen LogP contribution in [0.25, 0.3) is 11.3 Å². The second-order valence-electron chi connectivity index (χ2n) is 7.43. The highest BCUT2D eigenvalue weighted by Gasteiger charge is 2.23. The Morgan fingerprint density at radius 2 is 1.83 bits per heavy atom. The summed E-state index contributed by atoms with van der Waals surface area (Å²) in [6.45, 7) is 3.76. The lowest BCUT2D eigenvalue weighted by Gasteiger charge is -2.32. The molecule has 1 fully saturated rings. The maximum atomic E-state index is 13.1. The predicted molar refractivity (Wildman–Crippen MR) is 113 cm³/mol. The van der Waals surface area contributed by atoms with Crippen LogP contribution >= 0.6 is 0 Å². The lowest BCUT2D eigenvalue weighted by Crippen LogP contribution is -2.44. The number of aromatic nitrogens is 2. The number of anilines is 1.